The number of hydrogen-bond donors (Lipinski definition) is 2. The van der Waals surface area contributed by atoms with Crippen molar-refractivity contribution in [3.8, 4) is 0 Å². The van der Waals surface area contributed by atoms with Crippen LogP contribution in [0.25, 0.3) is 11.0 Å². The van der Waals surface area contributed by atoms with Gasteiger partial charge in [0.2, 0.25) is 0 Å². The van der Waals surface area contributed by atoms with Crippen molar-refractivity contribution in [3.63, 3.8) is 0 Å². The maximum atomic E-state index is 13.3. The lowest BCUT2D eigenvalue weighted by atomic mass is 10.1. The lowest BCUT2D eigenvalue weighted by molar-refractivity contribution is 0.451. The van der Waals surface area contributed by atoms with E-state index in [0.717, 1.165) is 17.9 Å². The summed E-state index contributed by atoms with van der Waals surface area (Å²) in [5, 5.41) is 5.12. The Morgan fingerprint density at radius 2 is 2.19 bits per heavy atom. The van der Waals surface area contributed by atoms with Crippen LogP contribution in [0.15, 0.2) is 34.7 Å². The highest BCUT2D eigenvalue weighted by atomic mass is 19.1. The van der Waals surface area contributed by atoms with Gasteiger partial charge in [0, 0.05) is 11.9 Å². The predicted octanol–water partition coefficient (Wildman–Crippen LogP) is 2.65. The van der Waals surface area contributed by atoms with Crippen molar-refractivity contribution in [2.75, 3.05) is 0 Å². The zero-order chi connectivity index (χ0) is 15.0. The van der Waals surface area contributed by atoms with Crippen LogP contribution in [0.1, 0.15) is 30.1 Å². The van der Waals surface area contributed by atoms with Gasteiger partial charge in [-0.15, -0.1) is 0 Å². The van der Waals surface area contributed by atoms with Crippen molar-refractivity contribution >= 4 is 11.0 Å². The predicted molar refractivity (Wildman–Crippen MR) is 78.0 cm³/mol. The number of nitrogens with zero attached hydrogens (tertiary/aromatic N) is 2. The normalized spacial score (nSPS) is 13.0. The molecule has 0 radical (unpaired) electrons. The molecule has 0 aliphatic rings. The largest absolute Gasteiger partial charge is 0.459 e. The number of aromatic nitrogens is 2. The Bertz CT molecular complexity index is 777. The number of nitrogens with two attached hydrogens (primary N) is 1. The quantitative estimate of drug-likeness (QED) is 0.572. The molecule has 0 aliphatic heterocycles. The number of furan rings is 1. The van der Waals surface area contributed by atoms with E-state index in [4.69, 9.17) is 10.3 Å². The maximum Gasteiger partial charge on any atom is 0.134 e. The number of fused-ring (bicyclic) bond motifs is 1. The molecule has 0 bridgehead atoms. The van der Waals surface area contributed by atoms with Gasteiger partial charge in [-0.3, -0.25) is 10.5 Å². The van der Waals surface area contributed by atoms with Gasteiger partial charge in [-0.25, -0.2) is 9.82 Å². The molecule has 0 amide bonds. The number of aryl methyl sites for hydroxylation is 2. The van der Waals surface area contributed by atoms with Crippen LogP contribution in [-0.4, -0.2) is 9.78 Å². The van der Waals surface area contributed by atoms with Crippen LogP contribution in [0.3, 0.4) is 0 Å². The van der Waals surface area contributed by atoms with Crippen molar-refractivity contribution in [2.45, 2.75) is 26.4 Å². The lowest BCUT2D eigenvalue weighted by Crippen LogP contribution is -2.30. The molecule has 1 unspecified atom stereocenters. The molecule has 1 aromatic carbocycles. The average Bonchev–Trinajstić information content (AvgIpc) is 3.03. The summed E-state index contributed by atoms with van der Waals surface area (Å²) < 4.78 is 20.9. The van der Waals surface area contributed by atoms with Gasteiger partial charge in [0.25, 0.3) is 0 Å². The zero-order valence-electron chi connectivity index (χ0n) is 11.9. The molecule has 0 saturated heterocycles. The summed E-state index contributed by atoms with van der Waals surface area (Å²) in [6.07, 6.45) is 0. The van der Waals surface area contributed by atoms with E-state index in [1.165, 1.54) is 12.1 Å². The van der Waals surface area contributed by atoms with Crippen molar-refractivity contribution in [2.24, 2.45) is 5.84 Å². The lowest BCUT2D eigenvalue weighted by Gasteiger charge is -2.14. The second kappa shape index (κ2) is 5.31. The fourth-order valence-corrected chi connectivity index (χ4v) is 2.54. The van der Waals surface area contributed by atoms with E-state index >= 15 is 0 Å². The average molecular weight is 288 g/mol. The summed E-state index contributed by atoms with van der Waals surface area (Å²) in [5.41, 5.74) is 5.21. The van der Waals surface area contributed by atoms with Crippen molar-refractivity contribution < 1.29 is 8.81 Å². The van der Waals surface area contributed by atoms with Gasteiger partial charge in [-0.2, -0.15) is 5.10 Å². The maximum absolute atomic E-state index is 13.3. The fourth-order valence-electron chi connectivity index (χ4n) is 2.54. The number of benzene rings is 1. The smallest absolute Gasteiger partial charge is 0.134 e. The molecule has 3 aromatic rings. The van der Waals surface area contributed by atoms with Gasteiger partial charge in [0.15, 0.2) is 0 Å². The first-order valence-electron chi connectivity index (χ1n) is 6.82. The van der Waals surface area contributed by atoms with Gasteiger partial charge in [-0.1, -0.05) is 0 Å². The Labute approximate surface area is 121 Å². The number of halogens is 1. The van der Waals surface area contributed by atoms with E-state index < -0.39 is 0 Å². The third kappa shape index (κ3) is 2.43. The Kier molecular flexibility index (Phi) is 3.48. The van der Waals surface area contributed by atoms with Crippen LogP contribution in [-0.2, 0) is 6.54 Å². The van der Waals surface area contributed by atoms with E-state index in [-0.39, 0.29) is 11.9 Å². The molecule has 2 heterocycles. The van der Waals surface area contributed by atoms with Crippen LogP contribution in [0.4, 0.5) is 4.39 Å². The number of hydrazine groups is 1. The Hall–Kier alpha value is -2.18. The van der Waals surface area contributed by atoms with E-state index in [0.29, 0.717) is 16.7 Å². The van der Waals surface area contributed by atoms with Gasteiger partial charge in [0.1, 0.15) is 23.2 Å². The highest BCUT2D eigenvalue weighted by molar-refractivity contribution is 5.78. The summed E-state index contributed by atoms with van der Waals surface area (Å²) in [4.78, 5) is 0. The summed E-state index contributed by atoms with van der Waals surface area (Å²) in [5.74, 6) is 6.04. The zero-order valence-corrected chi connectivity index (χ0v) is 11.9. The SMILES string of the molecule is CCn1nc(C)cc1C(NN)c1cc2cc(F)ccc2o1. The molecule has 0 fully saturated rings. The summed E-state index contributed by atoms with van der Waals surface area (Å²) in [6, 6.07) is 7.86. The molecule has 2 aromatic heterocycles. The third-order valence-corrected chi connectivity index (χ3v) is 3.48. The summed E-state index contributed by atoms with van der Waals surface area (Å²) in [7, 11) is 0. The fraction of sp³-hybridized carbons (Fsp3) is 0.267. The molecule has 5 nitrogen and oxygen atoms in total. The summed E-state index contributed by atoms with van der Waals surface area (Å²) >= 11 is 0. The first-order valence-corrected chi connectivity index (χ1v) is 6.82. The molecule has 21 heavy (non-hydrogen) atoms. The second-order valence-corrected chi connectivity index (χ2v) is 4.96. The molecule has 1 atom stereocenters. The van der Waals surface area contributed by atoms with Gasteiger partial charge >= 0.3 is 0 Å². The first kappa shape index (κ1) is 13.8. The third-order valence-electron chi connectivity index (χ3n) is 3.48. The second-order valence-electron chi connectivity index (χ2n) is 4.96. The van der Waals surface area contributed by atoms with Crippen LogP contribution >= 0.6 is 0 Å². The summed E-state index contributed by atoms with van der Waals surface area (Å²) in [6.45, 7) is 4.67. The molecule has 110 valence electrons. The van der Waals surface area contributed by atoms with Crippen molar-refractivity contribution in [1.29, 1.82) is 0 Å². The van der Waals surface area contributed by atoms with Crippen LogP contribution < -0.4 is 11.3 Å². The Morgan fingerprint density at radius 3 is 2.90 bits per heavy atom. The number of hydrogen-bond acceptors (Lipinski definition) is 4. The first-order chi connectivity index (χ1) is 10.1. The number of rotatable bonds is 4. The molecular formula is C15H17FN4O. The van der Waals surface area contributed by atoms with E-state index in [2.05, 4.69) is 10.5 Å². The van der Waals surface area contributed by atoms with Gasteiger partial charge in [0.05, 0.1) is 11.4 Å². The minimum atomic E-state index is -0.332. The van der Waals surface area contributed by atoms with E-state index in [1.807, 2.05) is 24.6 Å². The van der Waals surface area contributed by atoms with Crippen LogP contribution in [0.5, 0.6) is 0 Å². The van der Waals surface area contributed by atoms with Gasteiger partial charge in [-0.05, 0) is 44.2 Å². The highest BCUT2D eigenvalue weighted by Gasteiger charge is 2.21. The molecule has 0 aliphatic carbocycles. The molecule has 3 N–H and O–H groups in total. The molecule has 3 rings (SSSR count). The molecule has 6 heteroatoms. The Balaban J connectivity index is 2.08. The topological polar surface area (TPSA) is 69.0 Å². The van der Waals surface area contributed by atoms with E-state index in [1.54, 1.807) is 12.1 Å². The number of nitrogens with one attached hydrogen (secondary N) is 1. The van der Waals surface area contributed by atoms with Crippen LogP contribution in [0.2, 0.25) is 0 Å². The van der Waals surface area contributed by atoms with Crippen molar-refractivity contribution in [3.05, 3.63) is 53.3 Å². The molecule has 0 spiro atoms. The van der Waals surface area contributed by atoms with Crippen molar-refractivity contribution in [1.82, 2.24) is 15.2 Å². The van der Waals surface area contributed by atoms with E-state index in [9.17, 15) is 4.39 Å². The standard InChI is InChI=1S/C15H17FN4O/c1-3-20-12(6-9(2)19-20)15(18-17)14-8-10-7-11(16)4-5-13(10)21-14/h4-8,15,18H,3,17H2,1-2H3. The monoisotopic (exact) mass is 288 g/mol. The molecule has 0 saturated carbocycles. The Morgan fingerprint density at radius 1 is 1.38 bits per heavy atom. The minimum absolute atomic E-state index is 0.290. The van der Waals surface area contributed by atoms with Gasteiger partial charge < -0.3 is 4.42 Å². The van der Waals surface area contributed by atoms with Crippen LogP contribution in [0, 0.1) is 12.7 Å². The highest BCUT2D eigenvalue weighted by Crippen LogP contribution is 2.28. The minimum Gasteiger partial charge on any atom is -0.459 e. The molecular weight excluding hydrogens is 271 g/mol.